The predicted octanol–water partition coefficient (Wildman–Crippen LogP) is 7.19. The van der Waals surface area contributed by atoms with E-state index >= 15 is 0 Å². The van der Waals surface area contributed by atoms with E-state index in [0.717, 1.165) is 12.9 Å². The Morgan fingerprint density at radius 2 is 1.20 bits per heavy atom. The van der Waals surface area contributed by atoms with Gasteiger partial charge < -0.3 is 14.0 Å². The minimum Gasteiger partial charge on any atom is -0.402 e. The van der Waals surface area contributed by atoms with Crippen LogP contribution in [0.1, 0.15) is 83.1 Å². The van der Waals surface area contributed by atoms with Gasteiger partial charge in [-0.15, -0.1) is 0 Å². The van der Waals surface area contributed by atoms with Crippen LogP contribution in [0.5, 0.6) is 0 Å². The molecule has 1 aliphatic heterocycles. The zero-order valence-corrected chi connectivity index (χ0v) is 22.0. The second kappa shape index (κ2) is 10.4. The Balaban J connectivity index is 3.27. The molecule has 2 atom stereocenters. The summed E-state index contributed by atoms with van der Waals surface area (Å²) >= 11 is 0. The molecule has 1 rings (SSSR count). The molecule has 0 aromatic carbocycles. The van der Waals surface area contributed by atoms with Gasteiger partial charge >= 0.3 is 7.12 Å². The molecule has 1 heterocycles. The summed E-state index contributed by atoms with van der Waals surface area (Å²) in [7, 11) is -0.273. The van der Waals surface area contributed by atoms with Gasteiger partial charge in [-0.05, 0) is 31.6 Å². The van der Waals surface area contributed by atoms with Crippen molar-refractivity contribution >= 4 is 7.12 Å². The van der Waals surface area contributed by atoms with E-state index in [1.165, 1.54) is 0 Å². The van der Waals surface area contributed by atoms with Crippen LogP contribution in [0.3, 0.4) is 0 Å². The molecule has 0 spiro atoms. The fourth-order valence-corrected chi connectivity index (χ4v) is 4.11. The quantitative estimate of drug-likeness (QED) is 0.201. The lowest BCUT2D eigenvalue weighted by Crippen LogP contribution is -2.62. The van der Waals surface area contributed by atoms with Gasteiger partial charge in [0.25, 0.3) is 0 Å². The Morgan fingerprint density at radius 1 is 0.800 bits per heavy atom. The molecule has 0 radical (unpaired) electrons. The Labute approximate surface area is 188 Å². The molecule has 0 aliphatic carbocycles. The van der Waals surface area contributed by atoms with Crippen LogP contribution in [0.25, 0.3) is 0 Å². The average Bonchev–Trinajstić information content (AvgIpc) is 2.89. The molecule has 0 aromatic heterocycles. The topological polar surface area (TPSA) is 27.7 Å². The summed E-state index contributed by atoms with van der Waals surface area (Å²) in [6.45, 7) is 28.2. The van der Waals surface area contributed by atoms with Gasteiger partial charge in [-0.25, -0.2) is 0 Å². The highest BCUT2D eigenvalue weighted by Crippen LogP contribution is 2.57. The van der Waals surface area contributed by atoms with Crippen molar-refractivity contribution in [2.75, 3.05) is 13.2 Å². The minimum atomic E-state index is -0.501. The Hall–Kier alpha value is -0.575. The van der Waals surface area contributed by atoms with Crippen molar-refractivity contribution in [1.82, 2.24) is 0 Å². The Kier molecular flexibility index (Phi) is 9.48. The number of hydrogen-bond acceptors (Lipinski definition) is 3. The lowest BCUT2D eigenvalue weighted by atomic mass is 9.58. The molecule has 1 saturated heterocycles. The van der Waals surface area contributed by atoms with Crippen LogP contribution in [0.2, 0.25) is 6.32 Å². The molecular formula is C26H49BO3. The number of ether oxygens (including phenoxy) is 1. The van der Waals surface area contributed by atoms with Crippen LogP contribution >= 0.6 is 0 Å². The molecule has 0 amide bonds. The van der Waals surface area contributed by atoms with Crippen LogP contribution in [0, 0.1) is 28.6 Å². The second-order valence-electron chi connectivity index (χ2n) is 11.6. The van der Waals surface area contributed by atoms with E-state index in [1.54, 1.807) is 0 Å². The first-order valence-corrected chi connectivity index (χ1v) is 11.9. The zero-order valence-electron chi connectivity index (χ0n) is 22.0. The Bertz CT molecular complexity index is 547. The van der Waals surface area contributed by atoms with Gasteiger partial charge in [0, 0.05) is 30.4 Å². The van der Waals surface area contributed by atoms with Gasteiger partial charge in [0.1, 0.15) is 0 Å². The molecule has 1 aliphatic rings. The third-order valence-corrected chi connectivity index (χ3v) is 6.85. The van der Waals surface area contributed by atoms with Crippen molar-refractivity contribution in [3.05, 3.63) is 24.3 Å². The maximum absolute atomic E-state index is 6.77. The molecule has 0 saturated carbocycles. The van der Waals surface area contributed by atoms with E-state index in [1.807, 2.05) is 0 Å². The maximum Gasteiger partial charge on any atom is 0.460 e. The summed E-state index contributed by atoms with van der Waals surface area (Å²) in [6.07, 6.45) is 9.94. The molecular weight excluding hydrogens is 371 g/mol. The monoisotopic (exact) mass is 420 g/mol. The fraction of sp³-hybridized carbons (Fsp3) is 0.846. The van der Waals surface area contributed by atoms with E-state index in [4.69, 9.17) is 14.0 Å². The summed E-state index contributed by atoms with van der Waals surface area (Å²) in [5.74, 6) is 1.53. The minimum absolute atomic E-state index is 0.206. The van der Waals surface area contributed by atoms with Crippen molar-refractivity contribution in [1.29, 1.82) is 0 Å². The third kappa shape index (κ3) is 6.23. The molecule has 0 N–H and O–H groups in total. The van der Waals surface area contributed by atoms with E-state index in [9.17, 15) is 0 Å². The smallest absolute Gasteiger partial charge is 0.402 e. The molecule has 0 unspecified atom stereocenters. The predicted molar refractivity (Wildman–Crippen MR) is 131 cm³/mol. The SMILES string of the molecule is CC(C)C=CC(C)(C)[C@@]1(C)OB(CCOCC(C)C)O[C@]1(C)C(C)(C)C=CC(C)C. The largest absolute Gasteiger partial charge is 0.460 e. The summed E-state index contributed by atoms with van der Waals surface area (Å²) in [4.78, 5) is 0. The highest BCUT2D eigenvalue weighted by molar-refractivity contribution is 6.45. The van der Waals surface area contributed by atoms with Crippen LogP contribution in [0.15, 0.2) is 24.3 Å². The van der Waals surface area contributed by atoms with Crippen molar-refractivity contribution in [2.45, 2.75) is 101 Å². The molecule has 0 bridgehead atoms. The highest BCUT2D eigenvalue weighted by atomic mass is 16.7. The maximum atomic E-state index is 6.77. The normalized spacial score (nSPS) is 26.4. The Morgan fingerprint density at radius 3 is 1.53 bits per heavy atom. The third-order valence-electron chi connectivity index (χ3n) is 6.85. The summed E-state index contributed by atoms with van der Waals surface area (Å²) in [6, 6.07) is 0. The van der Waals surface area contributed by atoms with E-state index < -0.39 is 11.2 Å². The van der Waals surface area contributed by atoms with E-state index in [2.05, 4.69) is 107 Å². The lowest BCUT2D eigenvalue weighted by molar-refractivity contribution is -0.129. The molecule has 1 fully saturated rings. The van der Waals surface area contributed by atoms with Crippen LogP contribution in [-0.2, 0) is 14.0 Å². The molecule has 3 nitrogen and oxygen atoms in total. The van der Waals surface area contributed by atoms with Crippen LogP contribution in [0.4, 0.5) is 0 Å². The zero-order chi connectivity index (χ0) is 23.4. The van der Waals surface area contributed by atoms with Crippen molar-refractivity contribution in [2.24, 2.45) is 28.6 Å². The number of rotatable bonds is 11. The summed E-state index contributed by atoms with van der Waals surface area (Å²) < 4.78 is 19.4. The van der Waals surface area contributed by atoms with E-state index in [0.29, 0.717) is 24.4 Å². The van der Waals surface area contributed by atoms with Gasteiger partial charge in [-0.2, -0.15) is 0 Å². The number of hydrogen-bond donors (Lipinski definition) is 0. The average molecular weight is 420 g/mol. The lowest BCUT2D eigenvalue weighted by Gasteiger charge is -2.54. The van der Waals surface area contributed by atoms with Gasteiger partial charge in [-0.3, -0.25) is 0 Å². The fourth-order valence-electron chi connectivity index (χ4n) is 4.11. The first-order chi connectivity index (χ1) is 13.6. The first-order valence-electron chi connectivity index (χ1n) is 11.9. The standard InChI is InChI=1S/C26H49BO3/c1-20(2)13-15-23(7,8)25(11)26(12,24(9,10)16-14-21(3)4)30-27(29-25)17-18-28-19-22(5)6/h13-16,20-22H,17-19H2,1-12H3/t25-,26-/m1/s1. The summed E-state index contributed by atoms with van der Waals surface area (Å²) in [5, 5.41) is 0. The molecule has 0 aromatic rings. The van der Waals surface area contributed by atoms with E-state index in [-0.39, 0.29) is 17.9 Å². The molecule has 174 valence electrons. The van der Waals surface area contributed by atoms with Crippen molar-refractivity contribution in [3.8, 4) is 0 Å². The molecule has 30 heavy (non-hydrogen) atoms. The van der Waals surface area contributed by atoms with Gasteiger partial charge in [0.05, 0.1) is 11.2 Å². The molecule has 4 heteroatoms. The van der Waals surface area contributed by atoms with Crippen LogP contribution < -0.4 is 0 Å². The van der Waals surface area contributed by atoms with Gasteiger partial charge in [-0.1, -0.05) is 93.5 Å². The first kappa shape index (κ1) is 27.5. The van der Waals surface area contributed by atoms with Crippen LogP contribution in [-0.4, -0.2) is 31.5 Å². The number of allylic oxidation sites excluding steroid dienone is 2. The van der Waals surface area contributed by atoms with Gasteiger partial charge in [0.2, 0.25) is 0 Å². The summed E-state index contributed by atoms with van der Waals surface area (Å²) in [5.41, 5.74) is -1.41. The second-order valence-corrected chi connectivity index (χ2v) is 11.6. The van der Waals surface area contributed by atoms with Crippen molar-refractivity contribution < 1.29 is 14.0 Å². The highest BCUT2D eigenvalue weighted by Gasteiger charge is 2.66. The van der Waals surface area contributed by atoms with Gasteiger partial charge in [0.15, 0.2) is 0 Å². The van der Waals surface area contributed by atoms with Crippen molar-refractivity contribution in [3.63, 3.8) is 0 Å².